The van der Waals surface area contributed by atoms with Crippen LogP contribution in [0.15, 0.2) is 91.0 Å². The third kappa shape index (κ3) is 7.13. The summed E-state index contributed by atoms with van der Waals surface area (Å²) in [5.74, 6) is 0.563. The van der Waals surface area contributed by atoms with Crippen molar-refractivity contribution in [1.82, 2.24) is 0 Å². The average molecular weight is 589 g/mol. The van der Waals surface area contributed by atoms with Crippen LogP contribution in [-0.4, -0.2) is 25.7 Å². The largest absolute Gasteiger partial charge is 1.00 e. The molecule has 2 atom stereocenters. The van der Waals surface area contributed by atoms with E-state index >= 15 is 0 Å². The monoisotopic (exact) mass is 588 g/mol. The lowest BCUT2D eigenvalue weighted by Crippen LogP contribution is -3.00. The van der Waals surface area contributed by atoms with Crippen LogP contribution in [0.1, 0.15) is 45.4 Å². The molecule has 1 heterocycles. The van der Waals surface area contributed by atoms with E-state index in [1.54, 1.807) is 0 Å². The molecule has 0 N–H and O–H groups in total. The van der Waals surface area contributed by atoms with Gasteiger partial charge in [0, 0.05) is 6.61 Å². The summed E-state index contributed by atoms with van der Waals surface area (Å²) in [6.07, 6.45) is 8.31. The zero-order valence-electron chi connectivity index (χ0n) is 20.3. The first-order chi connectivity index (χ1) is 16.3. The highest BCUT2D eigenvalue weighted by atomic mass is 127. The molecule has 0 aliphatic carbocycles. The van der Waals surface area contributed by atoms with Crippen LogP contribution in [0.3, 0.4) is 0 Å². The van der Waals surface area contributed by atoms with Crippen LogP contribution >= 0.6 is 7.26 Å². The lowest BCUT2D eigenvalue weighted by molar-refractivity contribution is -0.168. The molecule has 0 saturated carbocycles. The molecule has 0 bridgehead atoms. The van der Waals surface area contributed by atoms with Crippen molar-refractivity contribution in [2.45, 2.75) is 51.7 Å². The van der Waals surface area contributed by atoms with Crippen LogP contribution < -0.4 is 39.9 Å². The molecule has 0 aromatic heterocycles. The molecule has 3 aromatic carbocycles. The molecule has 1 aliphatic rings. The average Bonchev–Trinajstić information content (AvgIpc) is 2.90. The normalized spacial score (nSPS) is 17.0. The highest BCUT2D eigenvalue weighted by molar-refractivity contribution is 7.95. The second-order valence-corrected chi connectivity index (χ2v) is 12.9. The van der Waals surface area contributed by atoms with Crippen molar-refractivity contribution >= 4 is 23.2 Å². The van der Waals surface area contributed by atoms with Crippen molar-refractivity contribution in [3.63, 3.8) is 0 Å². The third-order valence-corrected chi connectivity index (χ3v) is 11.3. The van der Waals surface area contributed by atoms with Gasteiger partial charge in [-0.25, -0.2) is 0 Å². The van der Waals surface area contributed by atoms with Gasteiger partial charge >= 0.3 is 0 Å². The second kappa shape index (κ2) is 14.3. The van der Waals surface area contributed by atoms with E-state index in [1.165, 1.54) is 54.2 Å². The van der Waals surface area contributed by atoms with E-state index in [0.29, 0.717) is 5.92 Å². The zero-order valence-corrected chi connectivity index (χ0v) is 23.4. The smallest absolute Gasteiger partial charge is 0.157 e. The van der Waals surface area contributed by atoms with Gasteiger partial charge in [-0.3, -0.25) is 0 Å². The fraction of sp³-hybridized carbons (Fsp3) is 0.400. The SMILES string of the molecule is C[C@@H](CCCC[P+](c1ccccc1)(c1ccccc1)c1ccccc1)COC1CCCCO1.[I-]. The minimum absolute atomic E-state index is 0. The molecule has 4 rings (SSSR count). The van der Waals surface area contributed by atoms with Gasteiger partial charge in [-0.05, 0) is 80.8 Å². The van der Waals surface area contributed by atoms with Gasteiger partial charge in [-0.2, -0.15) is 0 Å². The standard InChI is InChI=1S/C30H38O2P.HI/c1-26(25-32-30-22-11-13-23-31-30)15-12-14-24-33(27-16-5-2-6-17-27,28-18-7-3-8-19-28)29-20-9-4-10-21-29;/h2-10,16-21,26,30H,11-15,22-25H2,1H3;1H/q+1;/p-1/t26-,30?;/m0./s1. The van der Waals surface area contributed by atoms with Crippen molar-refractivity contribution in [2.75, 3.05) is 19.4 Å². The maximum absolute atomic E-state index is 6.04. The lowest BCUT2D eigenvalue weighted by atomic mass is 10.1. The number of unbranched alkanes of at least 4 members (excludes halogenated alkanes) is 1. The molecule has 2 nitrogen and oxygen atoms in total. The number of hydrogen-bond donors (Lipinski definition) is 0. The molecule has 0 spiro atoms. The zero-order chi connectivity index (χ0) is 22.8. The Morgan fingerprint density at radius 1 is 0.794 bits per heavy atom. The van der Waals surface area contributed by atoms with Crippen LogP contribution in [-0.2, 0) is 9.47 Å². The van der Waals surface area contributed by atoms with E-state index in [2.05, 4.69) is 97.9 Å². The van der Waals surface area contributed by atoms with Gasteiger partial charge < -0.3 is 33.5 Å². The summed E-state index contributed by atoms with van der Waals surface area (Å²) in [5, 5.41) is 4.44. The van der Waals surface area contributed by atoms with E-state index in [4.69, 9.17) is 9.47 Å². The van der Waals surface area contributed by atoms with Gasteiger partial charge in [-0.1, -0.05) is 61.5 Å². The number of ether oxygens (including phenoxy) is 2. The van der Waals surface area contributed by atoms with Crippen LogP contribution in [0, 0.1) is 5.92 Å². The van der Waals surface area contributed by atoms with Gasteiger partial charge in [0.25, 0.3) is 0 Å². The van der Waals surface area contributed by atoms with E-state index in [0.717, 1.165) is 19.6 Å². The lowest BCUT2D eigenvalue weighted by Gasteiger charge is -2.28. The van der Waals surface area contributed by atoms with E-state index in [9.17, 15) is 0 Å². The molecule has 4 heteroatoms. The van der Waals surface area contributed by atoms with Crippen LogP contribution in [0.4, 0.5) is 0 Å². The second-order valence-electron chi connectivity index (χ2n) is 9.27. The van der Waals surface area contributed by atoms with Gasteiger partial charge in [-0.15, -0.1) is 0 Å². The summed E-state index contributed by atoms with van der Waals surface area (Å²) >= 11 is 0. The molecular weight excluding hydrogens is 550 g/mol. The van der Waals surface area contributed by atoms with E-state index in [1.807, 2.05) is 0 Å². The van der Waals surface area contributed by atoms with Crippen molar-refractivity contribution in [1.29, 1.82) is 0 Å². The number of rotatable bonds is 11. The minimum Gasteiger partial charge on any atom is -1.00 e. The van der Waals surface area contributed by atoms with Crippen LogP contribution in [0.2, 0.25) is 0 Å². The summed E-state index contributed by atoms with van der Waals surface area (Å²) in [5.41, 5.74) is 0. The maximum atomic E-state index is 6.04. The van der Waals surface area contributed by atoms with Gasteiger partial charge in [0.05, 0.1) is 12.8 Å². The first-order valence-electron chi connectivity index (χ1n) is 12.6. The first-order valence-corrected chi connectivity index (χ1v) is 14.5. The van der Waals surface area contributed by atoms with E-state index in [-0.39, 0.29) is 30.3 Å². The van der Waals surface area contributed by atoms with Gasteiger partial charge in [0.2, 0.25) is 0 Å². The number of benzene rings is 3. The van der Waals surface area contributed by atoms with Crippen molar-refractivity contribution in [3.8, 4) is 0 Å². The number of hydrogen-bond acceptors (Lipinski definition) is 2. The van der Waals surface area contributed by atoms with Gasteiger partial charge in [0.1, 0.15) is 23.2 Å². The van der Waals surface area contributed by atoms with Crippen molar-refractivity contribution < 1.29 is 33.5 Å². The Morgan fingerprint density at radius 2 is 1.32 bits per heavy atom. The Bertz CT molecular complexity index is 833. The summed E-state index contributed by atoms with van der Waals surface area (Å²) in [4.78, 5) is 0. The molecule has 34 heavy (non-hydrogen) atoms. The van der Waals surface area contributed by atoms with Crippen molar-refractivity contribution in [2.24, 2.45) is 5.92 Å². The maximum Gasteiger partial charge on any atom is 0.157 e. The molecule has 1 aliphatic heterocycles. The van der Waals surface area contributed by atoms with Gasteiger partial charge in [0.15, 0.2) is 6.29 Å². The summed E-state index contributed by atoms with van der Waals surface area (Å²) in [7, 11) is -1.70. The summed E-state index contributed by atoms with van der Waals surface area (Å²) < 4.78 is 11.8. The quantitative estimate of drug-likeness (QED) is 0.195. The fourth-order valence-electron chi connectivity index (χ4n) is 4.92. The highest BCUT2D eigenvalue weighted by Gasteiger charge is 2.44. The molecule has 1 fully saturated rings. The topological polar surface area (TPSA) is 18.5 Å². The molecule has 1 saturated heterocycles. The molecule has 3 aromatic rings. The fourth-order valence-corrected chi connectivity index (χ4v) is 9.33. The van der Waals surface area contributed by atoms with Crippen LogP contribution in [0.5, 0.6) is 0 Å². The molecular formula is C30H38IO2P. The highest BCUT2D eigenvalue weighted by Crippen LogP contribution is 2.56. The summed E-state index contributed by atoms with van der Waals surface area (Å²) in [6.45, 7) is 3.97. The predicted molar refractivity (Wildman–Crippen MR) is 143 cm³/mol. The Kier molecular flexibility index (Phi) is 11.5. The molecule has 182 valence electrons. The Labute approximate surface area is 223 Å². The molecule has 0 amide bonds. The summed E-state index contributed by atoms with van der Waals surface area (Å²) in [6, 6.07) is 33.6. The number of halogens is 1. The van der Waals surface area contributed by atoms with E-state index < -0.39 is 7.26 Å². The van der Waals surface area contributed by atoms with Crippen LogP contribution in [0.25, 0.3) is 0 Å². The Hall–Kier alpha value is -1.26. The predicted octanol–water partition coefficient (Wildman–Crippen LogP) is 3.33. The molecule has 1 unspecified atom stereocenters. The van der Waals surface area contributed by atoms with Crippen molar-refractivity contribution in [3.05, 3.63) is 91.0 Å². The minimum atomic E-state index is -1.70. The Balaban J connectivity index is 0.00000324. The Morgan fingerprint density at radius 3 is 1.79 bits per heavy atom. The first kappa shape index (κ1) is 27.3. The molecule has 0 radical (unpaired) electrons. The third-order valence-electron chi connectivity index (χ3n) is 6.74.